The minimum absolute atomic E-state index is 0.122. The molecule has 18 heavy (non-hydrogen) atoms. The van der Waals surface area contributed by atoms with E-state index in [0.717, 1.165) is 6.42 Å². The van der Waals surface area contributed by atoms with Gasteiger partial charge in [0.15, 0.2) is 0 Å². The van der Waals surface area contributed by atoms with Crippen LogP contribution < -0.4 is 5.32 Å². The van der Waals surface area contributed by atoms with E-state index in [1.165, 1.54) is 0 Å². The summed E-state index contributed by atoms with van der Waals surface area (Å²) >= 11 is 9.16. The number of carbonyl (C=O) groups is 1. The van der Waals surface area contributed by atoms with Gasteiger partial charge in [0.1, 0.15) is 0 Å². The van der Waals surface area contributed by atoms with Crippen LogP contribution in [-0.2, 0) is 0 Å². The minimum Gasteiger partial charge on any atom is -0.396 e. The van der Waals surface area contributed by atoms with Crippen molar-refractivity contribution in [3.8, 4) is 0 Å². The van der Waals surface area contributed by atoms with Gasteiger partial charge in [-0.05, 0) is 46.5 Å². The van der Waals surface area contributed by atoms with E-state index in [1.54, 1.807) is 18.2 Å². The third-order valence-electron chi connectivity index (χ3n) is 2.85. The molecule has 0 fully saturated rings. The standard InChI is InChI=1S/C13H17BrClNO2/c1-2-9(5-6-17)8-16-13(18)10-3-4-12(15)11(14)7-10/h3-4,7,9,17H,2,5-6,8H2,1H3,(H,16,18). The van der Waals surface area contributed by atoms with Gasteiger partial charge in [0.05, 0.1) is 5.02 Å². The smallest absolute Gasteiger partial charge is 0.251 e. The fourth-order valence-electron chi connectivity index (χ4n) is 1.61. The number of carbonyl (C=O) groups excluding carboxylic acids is 1. The summed E-state index contributed by atoms with van der Waals surface area (Å²) in [6, 6.07) is 5.08. The Morgan fingerprint density at radius 3 is 2.83 bits per heavy atom. The molecule has 1 aromatic rings. The molecule has 0 spiro atoms. The lowest BCUT2D eigenvalue weighted by molar-refractivity contribution is 0.0943. The first-order chi connectivity index (χ1) is 8.58. The molecule has 0 saturated heterocycles. The molecule has 0 aliphatic rings. The maximum Gasteiger partial charge on any atom is 0.251 e. The molecule has 0 aliphatic carbocycles. The summed E-state index contributed by atoms with van der Waals surface area (Å²) < 4.78 is 0.708. The van der Waals surface area contributed by atoms with Gasteiger partial charge in [0.25, 0.3) is 5.91 Å². The maximum absolute atomic E-state index is 11.9. The minimum atomic E-state index is -0.122. The molecule has 0 heterocycles. The second-order valence-corrected chi connectivity index (χ2v) is 5.39. The van der Waals surface area contributed by atoms with Crippen molar-refractivity contribution in [3.63, 3.8) is 0 Å². The van der Waals surface area contributed by atoms with E-state index in [2.05, 4.69) is 21.2 Å². The van der Waals surface area contributed by atoms with Crippen LogP contribution in [0.1, 0.15) is 30.1 Å². The molecule has 0 aromatic heterocycles. The van der Waals surface area contributed by atoms with E-state index < -0.39 is 0 Å². The summed E-state index contributed by atoms with van der Waals surface area (Å²) in [7, 11) is 0. The summed E-state index contributed by atoms with van der Waals surface area (Å²) in [6.07, 6.45) is 1.65. The first-order valence-electron chi connectivity index (χ1n) is 5.92. The van der Waals surface area contributed by atoms with Crippen molar-refractivity contribution < 1.29 is 9.90 Å². The van der Waals surface area contributed by atoms with E-state index in [9.17, 15) is 4.79 Å². The zero-order valence-electron chi connectivity index (χ0n) is 10.2. The van der Waals surface area contributed by atoms with Gasteiger partial charge >= 0.3 is 0 Å². The molecule has 1 aromatic carbocycles. The predicted molar refractivity (Wildman–Crippen MR) is 77.0 cm³/mol. The van der Waals surface area contributed by atoms with Crippen molar-refractivity contribution in [1.29, 1.82) is 0 Å². The molecule has 1 unspecified atom stereocenters. The van der Waals surface area contributed by atoms with Crippen LogP contribution in [0.2, 0.25) is 5.02 Å². The lowest BCUT2D eigenvalue weighted by Gasteiger charge is -2.14. The number of hydrogen-bond acceptors (Lipinski definition) is 2. The van der Waals surface area contributed by atoms with Crippen molar-refractivity contribution in [2.45, 2.75) is 19.8 Å². The summed E-state index contributed by atoms with van der Waals surface area (Å²) in [5, 5.41) is 12.3. The first kappa shape index (κ1) is 15.5. The summed E-state index contributed by atoms with van der Waals surface area (Å²) in [4.78, 5) is 11.9. The number of aliphatic hydroxyl groups excluding tert-OH is 1. The van der Waals surface area contributed by atoms with Crippen LogP contribution in [0.4, 0.5) is 0 Å². The molecule has 1 atom stereocenters. The Kier molecular flexibility index (Phi) is 6.68. The molecule has 1 rings (SSSR count). The number of aliphatic hydroxyl groups is 1. The topological polar surface area (TPSA) is 49.3 Å². The fourth-order valence-corrected chi connectivity index (χ4v) is 2.11. The third-order valence-corrected chi connectivity index (χ3v) is 4.06. The second kappa shape index (κ2) is 7.77. The molecule has 2 N–H and O–H groups in total. The van der Waals surface area contributed by atoms with Gasteiger partial charge < -0.3 is 10.4 Å². The molecule has 1 amide bonds. The molecular formula is C13H17BrClNO2. The Balaban J connectivity index is 2.57. The lowest BCUT2D eigenvalue weighted by atomic mass is 10.0. The van der Waals surface area contributed by atoms with E-state index in [-0.39, 0.29) is 12.5 Å². The number of benzene rings is 1. The molecule has 0 aliphatic heterocycles. The SMILES string of the molecule is CCC(CCO)CNC(=O)c1ccc(Cl)c(Br)c1. The van der Waals surface area contributed by atoms with E-state index in [4.69, 9.17) is 16.7 Å². The Morgan fingerprint density at radius 1 is 1.56 bits per heavy atom. The maximum atomic E-state index is 11.9. The average Bonchev–Trinajstić information content (AvgIpc) is 2.37. The molecule has 0 saturated carbocycles. The van der Waals surface area contributed by atoms with Crippen LogP contribution in [-0.4, -0.2) is 24.2 Å². The number of amides is 1. The van der Waals surface area contributed by atoms with E-state index in [1.807, 2.05) is 6.92 Å². The van der Waals surface area contributed by atoms with Crippen molar-refractivity contribution in [1.82, 2.24) is 5.32 Å². The third kappa shape index (κ3) is 4.59. The highest BCUT2D eigenvalue weighted by atomic mass is 79.9. The Morgan fingerprint density at radius 2 is 2.28 bits per heavy atom. The zero-order valence-corrected chi connectivity index (χ0v) is 12.6. The number of halogens is 2. The van der Waals surface area contributed by atoms with Crippen LogP contribution in [0.3, 0.4) is 0 Å². The predicted octanol–water partition coefficient (Wildman–Crippen LogP) is 3.24. The highest BCUT2D eigenvalue weighted by molar-refractivity contribution is 9.10. The molecule has 100 valence electrons. The molecule has 3 nitrogen and oxygen atoms in total. The molecule has 0 bridgehead atoms. The Bertz CT molecular complexity index is 412. The largest absolute Gasteiger partial charge is 0.396 e. The van der Waals surface area contributed by atoms with Crippen LogP contribution >= 0.6 is 27.5 Å². The van der Waals surface area contributed by atoms with Gasteiger partial charge in [-0.1, -0.05) is 24.9 Å². The summed E-state index contributed by atoms with van der Waals surface area (Å²) in [5.41, 5.74) is 0.574. The zero-order chi connectivity index (χ0) is 13.5. The van der Waals surface area contributed by atoms with Gasteiger partial charge in [-0.3, -0.25) is 4.79 Å². The van der Waals surface area contributed by atoms with Crippen molar-refractivity contribution in [2.75, 3.05) is 13.2 Å². The van der Waals surface area contributed by atoms with Crippen LogP contribution in [0, 0.1) is 5.92 Å². The number of hydrogen-bond donors (Lipinski definition) is 2. The van der Waals surface area contributed by atoms with Crippen molar-refractivity contribution in [3.05, 3.63) is 33.3 Å². The first-order valence-corrected chi connectivity index (χ1v) is 7.09. The van der Waals surface area contributed by atoms with Crippen LogP contribution in [0.5, 0.6) is 0 Å². The Labute approximate surface area is 121 Å². The molecular weight excluding hydrogens is 318 g/mol. The van der Waals surface area contributed by atoms with E-state index >= 15 is 0 Å². The van der Waals surface area contributed by atoms with Gasteiger partial charge in [-0.25, -0.2) is 0 Å². The number of rotatable bonds is 6. The highest BCUT2D eigenvalue weighted by Crippen LogP contribution is 2.23. The fraction of sp³-hybridized carbons (Fsp3) is 0.462. The van der Waals surface area contributed by atoms with Gasteiger partial charge in [-0.2, -0.15) is 0 Å². The van der Waals surface area contributed by atoms with Crippen LogP contribution in [0.15, 0.2) is 22.7 Å². The summed E-state index contributed by atoms with van der Waals surface area (Å²) in [5.74, 6) is 0.193. The van der Waals surface area contributed by atoms with Crippen molar-refractivity contribution >= 4 is 33.4 Å². The Hall–Kier alpha value is -0.580. The second-order valence-electron chi connectivity index (χ2n) is 4.13. The highest BCUT2D eigenvalue weighted by Gasteiger charge is 2.10. The van der Waals surface area contributed by atoms with Gasteiger partial charge in [0, 0.05) is 23.2 Å². The number of nitrogens with one attached hydrogen (secondary N) is 1. The van der Waals surface area contributed by atoms with Gasteiger partial charge in [0.2, 0.25) is 0 Å². The van der Waals surface area contributed by atoms with Gasteiger partial charge in [-0.15, -0.1) is 0 Å². The monoisotopic (exact) mass is 333 g/mol. The molecule has 5 heteroatoms. The van der Waals surface area contributed by atoms with Crippen LogP contribution in [0.25, 0.3) is 0 Å². The normalized spacial score (nSPS) is 12.2. The quantitative estimate of drug-likeness (QED) is 0.839. The molecule has 0 radical (unpaired) electrons. The average molecular weight is 335 g/mol. The summed E-state index contributed by atoms with van der Waals surface area (Å²) in [6.45, 7) is 2.78. The lowest BCUT2D eigenvalue weighted by Crippen LogP contribution is -2.29. The van der Waals surface area contributed by atoms with Crippen molar-refractivity contribution in [2.24, 2.45) is 5.92 Å². The van der Waals surface area contributed by atoms with E-state index in [0.29, 0.717) is 33.9 Å².